The van der Waals surface area contributed by atoms with Crippen LogP contribution in [0.1, 0.15) is 38.2 Å². The number of hydrogen-bond acceptors (Lipinski definition) is 6. The van der Waals surface area contributed by atoms with Gasteiger partial charge in [-0.05, 0) is 49.6 Å². The van der Waals surface area contributed by atoms with Gasteiger partial charge >= 0.3 is 0 Å². The van der Waals surface area contributed by atoms with E-state index >= 15 is 0 Å². The molecule has 0 spiro atoms. The Morgan fingerprint density at radius 2 is 1.64 bits per heavy atom. The zero-order chi connectivity index (χ0) is 26.3. The fourth-order valence-corrected chi connectivity index (χ4v) is 5.16. The number of carbonyl (C=O) groups is 2. The van der Waals surface area contributed by atoms with Crippen molar-refractivity contribution in [2.75, 3.05) is 31.3 Å². The Hall–Kier alpha value is -3.27. The number of rotatable bonds is 11. The number of nitrogens with zero attached hydrogens (tertiary/aromatic N) is 2. The molecule has 1 aliphatic carbocycles. The van der Waals surface area contributed by atoms with E-state index in [0.29, 0.717) is 17.2 Å². The van der Waals surface area contributed by atoms with Crippen LogP contribution in [0.2, 0.25) is 0 Å². The lowest BCUT2D eigenvalue weighted by Gasteiger charge is -2.32. The molecule has 1 fully saturated rings. The van der Waals surface area contributed by atoms with Gasteiger partial charge in [0.25, 0.3) is 0 Å². The molecule has 0 heterocycles. The second kappa shape index (κ2) is 12.1. The number of benzene rings is 2. The average Bonchev–Trinajstić information content (AvgIpc) is 3.37. The molecular weight excluding hydrogens is 482 g/mol. The number of anilines is 1. The normalized spacial score (nSPS) is 14.7. The van der Waals surface area contributed by atoms with Gasteiger partial charge in [0, 0.05) is 18.7 Å². The predicted octanol–water partition coefficient (Wildman–Crippen LogP) is 2.95. The molecular formula is C26H35N3O6S. The van der Waals surface area contributed by atoms with E-state index in [9.17, 15) is 18.0 Å². The first-order valence-corrected chi connectivity index (χ1v) is 13.8. The van der Waals surface area contributed by atoms with Crippen LogP contribution in [0.3, 0.4) is 0 Å². The van der Waals surface area contributed by atoms with Crippen molar-refractivity contribution < 1.29 is 27.5 Å². The highest BCUT2D eigenvalue weighted by molar-refractivity contribution is 7.92. The monoisotopic (exact) mass is 517 g/mol. The third-order valence-electron chi connectivity index (χ3n) is 6.38. The Kier molecular flexibility index (Phi) is 9.19. The molecule has 0 aliphatic heterocycles. The van der Waals surface area contributed by atoms with Crippen LogP contribution in [-0.2, 0) is 26.2 Å². The molecule has 0 bridgehead atoms. The van der Waals surface area contributed by atoms with Crippen molar-refractivity contribution in [3.05, 3.63) is 54.1 Å². The van der Waals surface area contributed by atoms with Gasteiger partial charge in [-0.3, -0.25) is 13.9 Å². The third kappa shape index (κ3) is 7.13. The van der Waals surface area contributed by atoms with E-state index in [1.165, 1.54) is 12.0 Å². The average molecular weight is 518 g/mol. The quantitative estimate of drug-likeness (QED) is 0.491. The Labute approximate surface area is 213 Å². The van der Waals surface area contributed by atoms with Crippen molar-refractivity contribution in [3.8, 4) is 11.5 Å². The minimum atomic E-state index is -3.81. The first-order valence-electron chi connectivity index (χ1n) is 12.0. The standard InChI is InChI=1S/C26H35N3O6S/c1-19(26(31)27-21-10-5-6-11-21)28(17-20-9-7-13-23(15-20)34-2)25(30)18-29(36(4,32)33)22-12-8-14-24(16-22)35-3/h7-9,12-16,19,21H,5-6,10-11,17-18H2,1-4H3,(H,27,31)/t19-/m1/s1. The lowest BCUT2D eigenvalue weighted by molar-refractivity contribution is -0.139. The maximum Gasteiger partial charge on any atom is 0.244 e. The Morgan fingerprint density at radius 3 is 2.25 bits per heavy atom. The van der Waals surface area contributed by atoms with Crippen molar-refractivity contribution in [1.82, 2.24) is 10.2 Å². The molecule has 0 aromatic heterocycles. The molecule has 2 amide bonds. The van der Waals surface area contributed by atoms with E-state index in [0.717, 1.165) is 41.8 Å². The molecule has 10 heteroatoms. The van der Waals surface area contributed by atoms with Gasteiger partial charge in [-0.1, -0.05) is 31.0 Å². The van der Waals surface area contributed by atoms with Crippen LogP contribution in [0.4, 0.5) is 5.69 Å². The summed E-state index contributed by atoms with van der Waals surface area (Å²) in [5.41, 5.74) is 1.06. The molecule has 1 atom stereocenters. The highest BCUT2D eigenvalue weighted by atomic mass is 32.2. The summed E-state index contributed by atoms with van der Waals surface area (Å²) >= 11 is 0. The molecule has 2 aromatic rings. The second-order valence-electron chi connectivity index (χ2n) is 9.01. The zero-order valence-electron chi connectivity index (χ0n) is 21.3. The van der Waals surface area contributed by atoms with E-state index in [-0.39, 0.29) is 18.5 Å². The largest absolute Gasteiger partial charge is 0.497 e. The topological polar surface area (TPSA) is 105 Å². The highest BCUT2D eigenvalue weighted by Crippen LogP contribution is 2.24. The summed E-state index contributed by atoms with van der Waals surface area (Å²) in [5.74, 6) is 0.328. The van der Waals surface area contributed by atoms with E-state index in [1.54, 1.807) is 56.5 Å². The van der Waals surface area contributed by atoms with Crippen LogP contribution in [0, 0.1) is 0 Å². The first-order chi connectivity index (χ1) is 17.1. The number of amides is 2. The second-order valence-corrected chi connectivity index (χ2v) is 10.9. The van der Waals surface area contributed by atoms with E-state index in [1.807, 2.05) is 6.07 Å². The van der Waals surface area contributed by atoms with Gasteiger partial charge in [0.05, 0.1) is 26.2 Å². The summed E-state index contributed by atoms with van der Waals surface area (Å²) in [5, 5.41) is 3.05. The van der Waals surface area contributed by atoms with Crippen molar-refractivity contribution >= 4 is 27.5 Å². The molecule has 1 aliphatic rings. The van der Waals surface area contributed by atoms with Crippen molar-refractivity contribution in [2.45, 2.75) is 51.2 Å². The third-order valence-corrected chi connectivity index (χ3v) is 7.52. The number of carbonyl (C=O) groups excluding carboxylic acids is 2. The first kappa shape index (κ1) is 27.3. The summed E-state index contributed by atoms with van der Waals surface area (Å²) in [6.45, 7) is 1.32. The number of ether oxygens (including phenoxy) is 2. The molecule has 2 aromatic carbocycles. The van der Waals surface area contributed by atoms with Crippen LogP contribution in [0.25, 0.3) is 0 Å². The number of sulfonamides is 1. The fraction of sp³-hybridized carbons (Fsp3) is 0.462. The molecule has 3 rings (SSSR count). The van der Waals surface area contributed by atoms with Crippen molar-refractivity contribution in [3.63, 3.8) is 0 Å². The summed E-state index contributed by atoms with van der Waals surface area (Å²) in [6.07, 6.45) is 5.01. The molecule has 36 heavy (non-hydrogen) atoms. The van der Waals surface area contributed by atoms with Gasteiger partial charge < -0.3 is 19.7 Å². The predicted molar refractivity (Wildman–Crippen MR) is 139 cm³/mol. The molecule has 1 saturated carbocycles. The zero-order valence-corrected chi connectivity index (χ0v) is 22.1. The van der Waals surface area contributed by atoms with Crippen LogP contribution in [0.5, 0.6) is 11.5 Å². The number of nitrogens with one attached hydrogen (secondary N) is 1. The van der Waals surface area contributed by atoms with Gasteiger partial charge in [0.15, 0.2) is 0 Å². The smallest absolute Gasteiger partial charge is 0.244 e. The minimum Gasteiger partial charge on any atom is -0.497 e. The fourth-order valence-electron chi connectivity index (χ4n) is 4.32. The van der Waals surface area contributed by atoms with Gasteiger partial charge in [-0.25, -0.2) is 8.42 Å². The summed E-state index contributed by atoms with van der Waals surface area (Å²) < 4.78 is 36.9. The summed E-state index contributed by atoms with van der Waals surface area (Å²) in [6, 6.07) is 13.0. The molecule has 9 nitrogen and oxygen atoms in total. The Balaban J connectivity index is 1.90. The maximum atomic E-state index is 13.6. The van der Waals surface area contributed by atoms with E-state index in [4.69, 9.17) is 9.47 Å². The van der Waals surface area contributed by atoms with Gasteiger partial charge in [-0.15, -0.1) is 0 Å². The Bertz CT molecular complexity index is 1160. The van der Waals surface area contributed by atoms with Crippen LogP contribution in [0.15, 0.2) is 48.5 Å². The minimum absolute atomic E-state index is 0.0954. The van der Waals surface area contributed by atoms with Gasteiger partial charge in [0.1, 0.15) is 24.1 Å². The van der Waals surface area contributed by atoms with Gasteiger partial charge in [-0.2, -0.15) is 0 Å². The van der Waals surface area contributed by atoms with Crippen molar-refractivity contribution in [1.29, 1.82) is 0 Å². The molecule has 196 valence electrons. The van der Waals surface area contributed by atoms with Crippen molar-refractivity contribution in [2.24, 2.45) is 0 Å². The van der Waals surface area contributed by atoms with Crippen LogP contribution in [-0.4, -0.2) is 64.2 Å². The molecule has 0 saturated heterocycles. The SMILES string of the molecule is COc1cccc(CN(C(=O)CN(c2cccc(OC)c2)S(C)(=O)=O)[C@H](C)C(=O)NC2CCCC2)c1. The lowest BCUT2D eigenvalue weighted by Crippen LogP contribution is -2.52. The van der Waals surface area contributed by atoms with E-state index < -0.39 is 28.5 Å². The summed E-state index contributed by atoms with van der Waals surface area (Å²) in [4.78, 5) is 28.2. The maximum absolute atomic E-state index is 13.6. The van der Waals surface area contributed by atoms with E-state index in [2.05, 4.69) is 5.32 Å². The molecule has 1 N–H and O–H groups in total. The lowest BCUT2D eigenvalue weighted by atomic mass is 10.1. The Morgan fingerprint density at radius 1 is 1.03 bits per heavy atom. The highest BCUT2D eigenvalue weighted by Gasteiger charge is 2.31. The number of methoxy groups -OCH3 is 2. The number of hydrogen-bond donors (Lipinski definition) is 1. The van der Waals surface area contributed by atoms with Gasteiger partial charge in [0.2, 0.25) is 21.8 Å². The summed E-state index contributed by atoms with van der Waals surface area (Å²) in [7, 11) is -0.775. The molecule has 0 radical (unpaired) electrons. The van der Waals surface area contributed by atoms with Crippen LogP contribution < -0.4 is 19.1 Å². The van der Waals surface area contributed by atoms with Crippen LogP contribution >= 0.6 is 0 Å². The molecule has 0 unspecified atom stereocenters.